The maximum absolute atomic E-state index is 13.7. The number of hydrazone groups is 1. The van der Waals surface area contributed by atoms with Gasteiger partial charge in [0.25, 0.3) is 5.91 Å². The first-order chi connectivity index (χ1) is 10.6. The number of carbonyl (C=O) groups excluding carboxylic acids is 1. The van der Waals surface area contributed by atoms with Gasteiger partial charge in [0, 0.05) is 5.56 Å². The molecule has 0 bridgehead atoms. The summed E-state index contributed by atoms with van der Waals surface area (Å²) >= 11 is 0. The van der Waals surface area contributed by atoms with Crippen molar-refractivity contribution in [2.45, 2.75) is 6.92 Å². The molecule has 3 nitrogen and oxygen atoms in total. The Hall–Kier alpha value is -2.82. The molecule has 2 aromatic carbocycles. The van der Waals surface area contributed by atoms with Crippen molar-refractivity contribution in [2.24, 2.45) is 5.10 Å². The molecule has 1 aliphatic heterocycles. The van der Waals surface area contributed by atoms with Crippen molar-refractivity contribution in [3.63, 3.8) is 0 Å². The first kappa shape index (κ1) is 14.1. The fraction of sp³-hybridized carbons (Fsp3) is 0.0588. The van der Waals surface area contributed by atoms with Gasteiger partial charge in [0.05, 0.1) is 17.0 Å². The van der Waals surface area contributed by atoms with Gasteiger partial charge in [-0.2, -0.15) is 10.1 Å². The Bertz CT molecular complexity index is 795. The third-order valence-corrected chi connectivity index (χ3v) is 3.34. The normalized spacial score (nSPS) is 16.3. The number of halogens is 2. The number of amides is 1. The van der Waals surface area contributed by atoms with Crippen LogP contribution in [0.2, 0.25) is 0 Å². The topological polar surface area (TPSA) is 32.7 Å². The molecule has 0 fully saturated rings. The maximum Gasteiger partial charge on any atom is 0.280 e. The molecule has 1 amide bonds. The van der Waals surface area contributed by atoms with Gasteiger partial charge >= 0.3 is 0 Å². The largest absolute Gasteiger partial charge is 0.280 e. The van der Waals surface area contributed by atoms with Crippen LogP contribution in [0.3, 0.4) is 0 Å². The van der Waals surface area contributed by atoms with E-state index in [0.29, 0.717) is 22.5 Å². The van der Waals surface area contributed by atoms with Gasteiger partial charge in [-0.05, 0) is 43.3 Å². The molecule has 0 saturated carbocycles. The second-order valence-electron chi connectivity index (χ2n) is 4.86. The summed E-state index contributed by atoms with van der Waals surface area (Å²) in [7, 11) is 0. The summed E-state index contributed by atoms with van der Waals surface area (Å²) in [6.07, 6.45) is 1.47. The molecule has 0 spiro atoms. The fourth-order valence-corrected chi connectivity index (χ4v) is 2.19. The second-order valence-corrected chi connectivity index (χ2v) is 4.86. The second kappa shape index (κ2) is 5.52. The SMILES string of the molecule is CC1=NN(c2ccc(F)cc2)C(=O)/C1=C/c1ccccc1F. The molecule has 22 heavy (non-hydrogen) atoms. The van der Waals surface area contributed by atoms with E-state index in [1.807, 2.05) is 0 Å². The van der Waals surface area contributed by atoms with Crippen LogP contribution in [0.4, 0.5) is 14.5 Å². The number of hydrogen-bond acceptors (Lipinski definition) is 2. The minimum atomic E-state index is -0.407. The van der Waals surface area contributed by atoms with Crippen LogP contribution in [0, 0.1) is 11.6 Å². The van der Waals surface area contributed by atoms with Crippen molar-refractivity contribution in [2.75, 3.05) is 5.01 Å². The Morgan fingerprint density at radius 2 is 1.73 bits per heavy atom. The quantitative estimate of drug-likeness (QED) is 0.777. The zero-order valence-corrected chi connectivity index (χ0v) is 11.8. The molecular weight excluding hydrogens is 286 g/mol. The lowest BCUT2D eigenvalue weighted by Crippen LogP contribution is -2.21. The summed E-state index contributed by atoms with van der Waals surface area (Å²) in [5, 5.41) is 5.35. The Labute approximate surface area is 126 Å². The molecule has 3 rings (SSSR count). The summed E-state index contributed by atoms with van der Waals surface area (Å²) in [5.74, 6) is -1.17. The number of benzene rings is 2. The molecule has 1 heterocycles. The minimum Gasteiger partial charge on any atom is -0.267 e. The summed E-state index contributed by atoms with van der Waals surface area (Å²) in [6, 6.07) is 11.6. The lowest BCUT2D eigenvalue weighted by Gasteiger charge is -2.11. The van der Waals surface area contributed by atoms with Crippen LogP contribution in [0.15, 0.2) is 59.2 Å². The number of anilines is 1. The number of rotatable bonds is 2. The van der Waals surface area contributed by atoms with Gasteiger partial charge in [0.1, 0.15) is 11.6 Å². The molecular formula is C17H12F2N2O. The monoisotopic (exact) mass is 298 g/mol. The van der Waals surface area contributed by atoms with Gasteiger partial charge in [0.15, 0.2) is 0 Å². The Balaban J connectivity index is 1.97. The molecule has 1 aliphatic rings. The molecule has 0 unspecified atom stereocenters. The van der Waals surface area contributed by atoms with Gasteiger partial charge in [-0.3, -0.25) is 4.79 Å². The third kappa shape index (κ3) is 2.53. The predicted octanol–water partition coefficient (Wildman–Crippen LogP) is 3.77. The van der Waals surface area contributed by atoms with Crippen molar-refractivity contribution < 1.29 is 13.6 Å². The van der Waals surface area contributed by atoms with E-state index in [9.17, 15) is 13.6 Å². The van der Waals surface area contributed by atoms with Crippen molar-refractivity contribution in [1.82, 2.24) is 0 Å². The molecule has 0 N–H and O–H groups in total. The van der Waals surface area contributed by atoms with Crippen LogP contribution >= 0.6 is 0 Å². The molecule has 0 aliphatic carbocycles. The highest BCUT2D eigenvalue weighted by molar-refractivity contribution is 6.32. The van der Waals surface area contributed by atoms with E-state index >= 15 is 0 Å². The fourth-order valence-electron chi connectivity index (χ4n) is 2.19. The third-order valence-electron chi connectivity index (χ3n) is 3.34. The van der Waals surface area contributed by atoms with Crippen molar-refractivity contribution >= 4 is 23.4 Å². The highest BCUT2D eigenvalue weighted by Crippen LogP contribution is 2.25. The van der Waals surface area contributed by atoms with Gasteiger partial charge in [-0.25, -0.2) is 8.78 Å². The lowest BCUT2D eigenvalue weighted by molar-refractivity contribution is -0.114. The van der Waals surface area contributed by atoms with Crippen LogP contribution in [-0.4, -0.2) is 11.6 Å². The number of carbonyl (C=O) groups is 1. The van der Waals surface area contributed by atoms with Gasteiger partial charge in [-0.1, -0.05) is 18.2 Å². The van der Waals surface area contributed by atoms with Gasteiger partial charge < -0.3 is 0 Å². The maximum atomic E-state index is 13.7. The van der Waals surface area contributed by atoms with Crippen LogP contribution < -0.4 is 5.01 Å². The molecule has 2 aromatic rings. The van der Waals surface area contributed by atoms with E-state index in [2.05, 4.69) is 5.10 Å². The van der Waals surface area contributed by atoms with E-state index < -0.39 is 11.6 Å². The Morgan fingerprint density at radius 3 is 2.41 bits per heavy atom. The smallest absolute Gasteiger partial charge is 0.267 e. The van der Waals surface area contributed by atoms with E-state index in [0.717, 1.165) is 0 Å². The first-order valence-corrected chi connectivity index (χ1v) is 6.68. The molecule has 0 atom stereocenters. The zero-order chi connectivity index (χ0) is 15.7. The molecule has 110 valence electrons. The number of nitrogens with zero attached hydrogens (tertiary/aromatic N) is 2. The van der Waals surface area contributed by atoms with Gasteiger partial charge in [0.2, 0.25) is 0 Å². The minimum absolute atomic E-state index is 0.314. The summed E-state index contributed by atoms with van der Waals surface area (Å²) in [6.45, 7) is 1.67. The highest BCUT2D eigenvalue weighted by atomic mass is 19.1. The zero-order valence-electron chi connectivity index (χ0n) is 11.8. The summed E-state index contributed by atoms with van der Waals surface area (Å²) < 4.78 is 26.7. The van der Waals surface area contributed by atoms with Crippen LogP contribution in [0.5, 0.6) is 0 Å². The molecule has 0 aromatic heterocycles. The van der Waals surface area contributed by atoms with Crippen molar-refractivity contribution in [3.8, 4) is 0 Å². The standard InChI is InChI=1S/C17H12F2N2O/c1-11-15(10-12-4-2-3-5-16(12)19)17(22)21(20-11)14-8-6-13(18)7-9-14/h2-10H,1H3/b15-10+. The van der Waals surface area contributed by atoms with E-state index in [4.69, 9.17) is 0 Å². The highest BCUT2D eigenvalue weighted by Gasteiger charge is 2.28. The van der Waals surface area contributed by atoms with E-state index in [1.165, 1.54) is 41.4 Å². The van der Waals surface area contributed by atoms with Crippen LogP contribution in [0.25, 0.3) is 6.08 Å². The van der Waals surface area contributed by atoms with Crippen LogP contribution in [0.1, 0.15) is 12.5 Å². The van der Waals surface area contributed by atoms with Crippen molar-refractivity contribution in [3.05, 3.63) is 71.3 Å². The van der Waals surface area contributed by atoms with E-state index in [-0.39, 0.29) is 5.91 Å². The summed E-state index contributed by atoms with van der Waals surface area (Å²) in [4.78, 5) is 12.4. The average molecular weight is 298 g/mol. The molecule has 0 radical (unpaired) electrons. The Morgan fingerprint density at radius 1 is 1.05 bits per heavy atom. The van der Waals surface area contributed by atoms with Crippen LogP contribution in [-0.2, 0) is 4.79 Å². The predicted molar refractivity (Wildman–Crippen MR) is 81.4 cm³/mol. The Kier molecular flexibility index (Phi) is 3.55. The molecule has 5 heteroatoms. The van der Waals surface area contributed by atoms with Gasteiger partial charge in [-0.15, -0.1) is 0 Å². The first-order valence-electron chi connectivity index (χ1n) is 6.68. The summed E-state index contributed by atoms with van der Waals surface area (Å²) in [5.41, 5.74) is 1.58. The molecule has 0 saturated heterocycles. The average Bonchev–Trinajstić information content (AvgIpc) is 2.78. The van der Waals surface area contributed by atoms with E-state index in [1.54, 1.807) is 25.1 Å². The lowest BCUT2D eigenvalue weighted by atomic mass is 10.1. The van der Waals surface area contributed by atoms with Crippen molar-refractivity contribution in [1.29, 1.82) is 0 Å². The number of hydrogen-bond donors (Lipinski definition) is 0.